The summed E-state index contributed by atoms with van der Waals surface area (Å²) in [7, 11) is 0. The lowest BCUT2D eigenvalue weighted by atomic mass is 10.0. The van der Waals surface area contributed by atoms with E-state index >= 15 is 0 Å². The summed E-state index contributed by atoms with van der Waals surface area (Å²) in [6, 6.07) is 7.98. The monoisotopic (exact) mass is 344 g/mol. The summed E-state index contributed by atoms with van der Waals surface area (Å²) in [6.07, 6.45) is 5.89. The van der Waals surface area contributed by atoms with E-state index in [1.165, 1.54) is 5.56 Å². The highest BCUT2D eigenvalue weighted by atomic mass is 35.5. The minimum absolute atomic E-state index is 0. The van der Waals surface area contributed by atoms with E-state index in [1.807, 2.05) is 24.5 Å². The molecular weight excluding hydrogens is 323 g/mol. The molecule has 2 atom stereocenters. The second kappa shape index (κ2) is 7.55. The van der Waals surface area contributed by atoms with Crippen LogP contribution in [0.1, 0.15) is 18.9 Å². The van der Waals surface area contributed by atoms with Crippen molar-refractivity contribution >= 4 is 24.0 Å². The molecule has 0 radical (unpaired) electrons. The molecule has 122 valence electrons. The maximum absolute atomic E-state index is 6.10. The number of aryl methyl sites for hydroxylation is 1. The smallest absolute Gasteiger partial charge is 0.186 e. The molecule has 3 rings (SSSR count). The van der Waals surface area contributed by atoms with Crippen molar-refractivity contribution in [3.63, 3.8) is 0 Å². The average Bonchev–Trinajstić information content (AvgIpc) is 3.09. The van der Waals surface area contributed by atoms with E-state index in [9.17, 15) is 0 Å². The molecule has 1 N–H and O–H groups in total. The second-order valence-corrected chi connectivity index (χ2v) is 6.14. The van der Waals surface area contributed by atoms with Gasteiger partial charge in [-0.1, -0.05) is 23.7 Å². The largest absolute Gasteiger partial charge is 0.373 e. The molecule has 0 saturated carbocycles. The Morgan fingerprint density at radius 2 is 2.14 bits per heavy atom. The summed E-state index contributed by atoms with van der Waals surface area (Å²) in [5.74, 6) is -0.518. The van der Waals surface area contributed by atoms with Crippen LogP contribution in [0.3, 0.4) is 0 Å². The van der Waals surface area contributed by atoms with Gasteiger partial charge in [-0.25, -0.2) is 0 Å². The lowest BCUT2D eigenvalue weighted by Gasteiger charge is -2.32. The highest BCUT2D eigenvalue weighted by Crippen LogP contribution is 2.30. The van der Waals surface area contributed by atoms with Gasteiger partial charge < -0.3 is 19.7 Å². The Kier molecular flexibility index (Phi) is 5.98. The highest BCUT2D eigenvalue weighted by Gasteiger charge is 2.41. The van der Waals surface area contributed by atoms with Crippen LogP contribution >= 0.6 is 24.0 Å². The second-order valence-electron chi connectivity index (χ2n) is 5.70. The van der Waals surface area contributed by atoms with Crippen molar-refractivity contribution in [3.8, 4) is 0 Å². The lowest BCUT2D eigenvalue weighted by Crippen LogP contribution is -2.43. The van der Waals surface area contributed by atoms with Crippen LogP contribution in [0.5, 0.6) is 0 Å². The first-order chi connectivity index (χ1) is 10.2. The molecule has 2 aliphatic heterocycles. The van der Waals surface area contributed by atoms with Gasteiger partial charge in [0, 0.05) is 23.8 Å². The topological polar surface area (TPSA) is 33.7 Å². The maximum atomic E-state index is 6.10. The Morgan fingerprint density at radius 3 is 2.73 bits per heavy atom. The Hall–Kier alpha value is -0.940. The number of nitrogens with one attached hydrogen (secondary N) is 1. The van der Waals surface area contributed by atoms with Gasteiger partial charge in [0.15, 0.2) is 5.79 Å². The van der Waals surface area contributed by atoms with Crippen molar-refractivity contribution in [3.05, 3.63) is 47.3 Å². The molecule has 2 aliphatic rings. The molecule has 22 heavy (non-hydrogen) atoms. The number of rotatable bonds is 5. The highest BCUT2D eigenvalue weighted by molar-refractivity contribution is 6.30. The molecule has 1 aromatic carbocycles. The van der Waals surface area contributed by atoms with Crippen LogP contribution in [0.4, 0.5) is 0 Å². The van der Waals surface area contributed by atoms with Crippen LogP contribution in [0, 0.1) is 0 Å². The Labute approximate surface area is 142 Å². The number of hydrogen-bond donors (Lipinski definition) is 1. The zero-order valence-electron chi connectivity index (χ0n) is 12.6. The van der Waals surface area contributed by atoms with Crippen molar-refractivity contribution in [2.45, 2.75) is 31.7 Å². The molecule has 6 heteroatoms. The number of ether oxygens (including phenoxy) is 2. The van der Waals surface area contributed by atoms with Gasteiger partial charge in [0.05, 0.1) is 25.9 Å². The van der Waals surface area contributed by atoms with E-state index in [-0.39, 0.29) is 18.5 Å². The van der Waals surface area contributed by atoms with Crippen molar-refractivity contribution in [1.29, 1.82) is 0 Å². The predicted octanol–water partition coefficient (Wildman–Crippen LogP) is 3.16. The first-order valence-electron chi connectivity index (χ1n) is 7.36. The molecule has 4 nitrogen and oxygen atoms in total. The summed E-state index contributed by atoms with van der Waals surface area (Å²) in [5, 5.41) is 3.94. The maximum Gasteiger partial charge on any atom is 0.186 e. The van der Waals surface area contributed by atoms with Crippen LogP contribution in [0.2, 0.25) is 5.02 Å². The molecule has 0 aliphatic carbocycles. The van der Waals surface area contributed by atoms with Crippen LogP contribution in [-0.4, -0.2) is 36.6 Å². The van der Waals surface area contributed by atoms with Gasteiger partial charge in [0.2, 0.25) is 0 Å². The number of halogens is 2. The van der Waals surface area contributed by atoms with Gasteiger partial charge in [0.1, 0.15) is 0 Å². The van der Waals surface area contributed by atoms with Crippen LogP contribution < -0.4 is 5.32 Å². The third kappa shape index (κ3) is 4.29. The molecule has 0 bridgehead atoms. The van der Waals surface area contributed by atoms with Gasteiger partial charge >= 0.3 is 0 Å². The third-order valence-electron chi connectivity index (χ3n) is 3.85. The Balaban J connectivity index is 0.00000176. The van der Waals surface area contributed by atoms with Gasteiger partial charge in [-0.15, -0.1) is 12.4 Å². The van der Waals surface area contributed by atoms with E-state index in [4.69, 9.17) is 21.1 Å². The van der Waals surface area contributed by atoms with Gasteiger partial charge in [0.25, 0.3) is 0 Å². The fourth-order valence-electron chi connectivity index (χ4n) is 2.78. The fourth-order valence-corrected chi connectivity index (χ4v) is 2.91. The van der Waals surface area contributed by atoms with Crippen LogP contribution in [0.25, 0.3) is 0 Å². The quantitative estimate of drug-likeness (QED) is 0.889. The number of hydrogen-bond acceptors (Lipinski definition) is 4. The van der Waals surface area contributed by atoms with Crippen molar-refractivity contribution in [1.82, 2.24) is 10.2 Å². The standard InChI is InChI=1S/C16H21ClN2O2.ClH/c1-13-10-20-16(21-13,11-19-9-8-18-12-19)7-6-14-2-4-15(17)5-3-14;/h2-5,8-9,13,18H,6-7,10-12H2,1H3;1H/t13-,16+;/m0./s1. The SMILES string of the molecule is C[C@H]1CO[C@@](CCc2ccc(Cl)cc2)(CN2C=CNC2)O1.Cl. The molecule has 1 aromatic rings. The number of benzene rings is 1. The Morgan fingerprint density at radius 1 is 1.36 bits per heavy atom. The van der Waals surface area contributed by atoms with Crippen LogP contribution in [-0.2, 0) is 15.9 Å². The third-order valence-corrected chi connectivity index (χ3v) is 4.10. The Bertz CT molecular complexity index is 509. The summed E-state index contributed by atoms with van der Waals surface area (Å²) in [4.78, 5) is 2.18. The lowest BCUT2D eigenvalue weighted by molar-refractivity contribution is -0.178. The summed E-state index contributed by atoms with van der Waals surface area (Å²) in [5.41, 5.74) is 1.25. The van der Waals surface area contributed by atoms with Crippen molar-refractivity contribution in [2.24, 2.45) is 0 Å². The molecule has 0 unspecified atom stereocenters. The molecular formula is C16H22Cl2N2O2. The zero-order valence-corrected chi connectivity index (χ0v) is 14.2. The predicted molar refractivity (Wildman–Crippen MR) is 90.1 cm³/mol. The van der Waals surface area contributed by atoms with Crippen LogP contribution in [0.15, 0.2) is 36.7 Å². The fraction of sp³-hybridized carbons (Fsp3) is 0.500. The van der Waals surface area contributed by atoms with E-state index in [2.05, 4.69) is 29.3 Å². The van der Waals surface area contributed by atoms with E-state index in [0.717, 1.165) is 31.1 Å². The molecule has 1 fully saturated rings. The first-order valence-corrected chi connectivity index (χ1v) is 7.73. The van der Waals surface area contributed by atoms with E-state index in [1.54, 1.807) is 0 Å². The molecule has 2 heterocycles. The molecule has 0 aromatic heterocycles. The summed E-state index contributed by atoms with van der Waals surface area (Å²) >= 11 is 5.93. The van der Waals surface area contributed by atoms with Crippen molar-refractivity contribution < 1.29 is 9.47 Å². The summed E-state index contributed by atoms with van der Waals surface area (Å²) < 4.78 is 12.1. The molecule has 0 spiro atoms. The van der Waals surface area contributed by atoms with Gasteiger partial charge in [-0.2, -0.15) is 0 Å². The normalized spacial score (nSPS) is 26.8. The molecule has 1 saturated heterocycles. The van der Waals surface area contributed by atoms with Gasteiger partial charge in [-0.05, 0) is 31.0 Å². The minimum atomic E-state index is -0.518. The molecule has 0 amide bonds. The minimum Gasteiger partial charge on any atom is -0.373 e. The number of nitrogens with zero attached hydrogens (tertiary/aromatic N) is 1. The average molecular weight is 345 g/mol. The van der Waals surface area contributed by atoms with E-state index < -0.39 is 5.79 Å². The van der Waals surface area contributed by atoms with Gasteiger partial charge in [-0.3, -0.25) is 0 Å². The summed E-state index contributed by atoms with van der Waals surface area (Å²) in [6.45, 7) is 4.27. The van der Waals surface area contributed by atoms with Crippen molar-refractivity contribution in [2.75, 3.05) is 19.8 Å². The van der Waals surface area contributed by atoms with E-state index in [0.29, 0.717) is 6.61 Å². The first kappa shape index (κ1) is 17.4. The zero-order chi connectivity index (χ0) is 14.7.